The Kier molecular flexibility index (Phi) is 5.40. The second-order valence-electron chi connectivity index (χ2n) is 3.16. The zero-order valence-electron chi connectivity index (χ0n) is 8.22. The third kappa shape index (κ3) is 4.37. The van der Waals surface area contributed by atoms with Crippen molar-refractivity contribution < 1.29 is 0 Å². The van der Waals surface area contributed by atoms with Crippen LogP contribution in [-0.4, -0.2) is 4.99 Å². The Balaban J connectivity index is 2.44. The van der Waals surface area contributed by atoms with Gasteiger partial charge in [-0.15, -0.1) is 0 Å². The van der Waals surface area contributed by atoms with Crippen molar-refractivity contribution in [2.45, 2.75) is 26.2 Å². The molecule has 0 heterocycles. The van der Waals surface area contributed by atoms with Gasteiger partial charge in [0.1, 0.15) is 0 Å². The molecule has 1 N–H and O–H groups in total. The Morgan fingerprint density at radius 3 is 2.57 bits per heavy atom. The molecule has 14 heavy (non-hydrogen) atoms. The van der Waals surface area contributed by atoms with Gasteiger partial charge in [0.2, 0.25) is 0 Å². The molecule has 0 aliphatic carbocycles. The van der Waals surface area contributed by atoms with Crippen LogP contribution in [0.4, 0.5) is 5.69 Å². The van der Waals surface area contributed by atoms with Gasteiger partial charge in [-0.1, -0.05) is 25.6 Å². The molecule has 0 fully saturated rings. The molecule has 1 nitrogen and oxygen atoms in total. The molecule has 0 spiro atoms. The van der Waals surface area contributed by atoms with Gasteiger partial charge in [-0.3, -0.25) is 0 Å². The average Bonchev–Trinajstić information content (AvgIpc) is 2.18. The Labute approximate surface area is 104 Å². The van der Waals surface area contributed by atoms with Crippen LogP contribution >= 0.6 is 34.8 Å². The third-order valence-electron chi connectivity index (χ3n) is 1.89. The van der Waals surface area contributed by atoms with Crippen LogP contribution in [0.25, 0.3) is 0 Å². The molecule has 0 saturated heterocycles. The van der Waals surface area contributed by atoms with E-state index in [4.69, 9.17) is 12.2 Å². The number of unbranched alkanes of at least 4 members (excludes halogenated alkanes) is 1. The summed E-state index contributed by atoms with van der Waals surface area (Å²) in [6.07, 6.45) is 3.34. The fourth-order valence-electron chi connectivity index (χ4n) is 1.09. The zero-order valence-corrected chi connectivity index (χ0v) is 11.2. The lowest BCUT2D eigenvalue weighted by molar-refractivity contribution is 0.839. The highest BCUT2D eigenvalue weighted by molar-refractivity contribution is 14.1. The van der Waals surface area contributed by atoms with Gasteiger partial charge < -0.3 is 5.32 Å². The van der Waals surface area contributed by atoms with Crippen molar-refractivity contribution in [3.63, 3.8) is 0 Å². The van der Waals surface area contributed by atoms with Crippen molar-refractivity contribution in [1.82, 2.24) is 0 Å². The van der Waals surface area contributed by atoms with Gasteiger partial charge in [0.25, 0.3) is 0 Å². The van der Waals surface area contributed by atoms with E-state index >= 15 is 0 Å². The quantitative estimate of drug-likeness (QED) is 0.659. The summed E-state index contributed by atoms with van der Waals surface area (Å²) in [4.78, 5) is 0.938. The lowest BCUT2D eigenvalue weighted by Gasteiger charge is -2.06. The summed E-state index contributed by atoms with van der Waals surface area (Å²) in [5, 5.41) is 3.23. The van der Waals surface area contributed by atoms with Crippen LogP contribution < -0.4 is 5.32 Å². The number of halogens is 1. The van der Waals surface area contributed by atoms with E-state index in [1.54, 1.807) is 0 Å². The molecule has 0 radical (unpaired) electrons. The maximum atomic E-state index is 5.22. The number of rotatable bonds is 4. The minimum Gasteiger partial charge on any atom is -0.350 e. The number of nitrogens with one attached hydrogen (secondary N) is 1. The molecule has 0 unspecified atom stereocenters. The van der Waals surface area contributed by atoms with Crippen molar-refractivity contribution in [1.29, 1.82) is 0 Å². The van der Waals surface area contributed by atoms with Gasteiger partial charge in [-0.25, -0.2) is 0 Å². The first kappa shape index (κ1) is 11.9. The van der Waals surface area contributed by atoms with Gasteiger partial charge in [0.15, 0.2) is 0 Å². The predicted molar refractivity (Wildman–Crippen MR) is 74.9 cm³/mol. The maximum absolute atomic E-state index is 5.22. The van der Waals surface area contributed by atoms with E-state index in [0.717, 1.165) is 23.5 Å². The largest absolute Gasteiger partial charge is 0.350 e. The highest BCUT2D eigenvalue weighted by Gasteiger charge is 1.96. The van der Waals surface area contributed by atoms with Gasteiger partial charge in [-0.05, 0) is 59.7 Å². The molecule has 76 valence electrons. The highest BCUT2D eigenvalue weighted by atomic mass is 127. The lowest BCUT2D eigenvalue weighted by Crippen LogP contribution is -2.08. The zero-order chi connectivity index (χ0) is 10.4. The molecule has 0 aliphatic rings. The van der Waals surface area contributed by atoms with Crippen LogP contribution in [0, 0.1) is 3.57 Å². The second kappa shape index (κ2) is 6.35. The normalized spacial score (nSPS) is 9.86. The minimum absolute atomic E-state index is 0.938. The first-order valence-corrected chi connectivity index (χ1v) is 6.26. The third-order valence-corrected chi connectivity index (χ3v) is 2.91. The maximum Gasteiger partial charge on any atom is 0.0797 e. The first-order valence-electron chi connectivity index (χ1n) is 4.78. The SMILES string of the molecule is CCCCC(=S)Nc1ccc(I)cc1. The van der Waals surface area contributed by atoms with E-state index in [1.807, 2.05) is 0 Å². The number of hydrogen-bond donors (Lipinski definition) is 1. The van der Waals surface area contributed by atoms with Crippen LogP contribution in [-0.2, 0) is 0 Å². The lowest BCUT2D eigenvalue weighted by atomic mass is 10.2. The second-order valence-corrected chi connectivity index (χ2v) is 4.90. The van der Waals surface area contributed by atoms with Crippen molar-refractivity contribution in [3.05, 3.63) is 27.8 Å². The Morgan fingerprint density at radius 2 is 2.00 bits per heavy atom. The van der Waals surface area contributed by atoms with Gasteiger partial charge >= 0.3 is 0 Å². The van der Waals surface area contributed by atoms with Crippen LogP contribution in [0.2, 0.25) is 0 Å². The molecule has 0 amide bonds. The smallest absolute Gasteiger partial charge is 0.0797 e. The molecule has 1 aromatic carbocycles. The van der Waals surface area contributed by atoms with E-state index in [2.05, 4.69) is 59.1 Å². The Hall–Kier alpha value is -0.160. The standard InChI is InChI=1S/C11H14INS/c1-2-3-4-11(14)13-10-7-5-9(12)6-8-10/h5-8H,2-4H2,1H3,(H,13,14). The summed E-state index contributed by atoms with van der Waals surface area (Å²) >= 11 is 7.51. The summed E-state index contributed by atoms with van der Waals surface area (Å²) in [5.74, 6) is 0. The van der Waals surface area contributed by atoms with Crippen LogP contribution in [0.15, 0.2) is 24.3 Å². The minimum atomic E-state index is 0.938. The molecule has 3 heteroatoms. The van der Waals surface area contributed by atoms with E-state index in [-0.39, 0.29) is 0 Å². The van der Waals surface area contributed by atoms with Gasteiger partial charge in [0.05, 0.1) is 4.99 Å². The van der Waals surface area contributed by atoms with Gasteiger partial charge in [-0.2, -0.15) is 0 Å². The average molecular weight is 319 g/mol. The molecule has 0 atom stereocenters. The molecule has 0 aromatic heterocycles. The highest BCUT2D eigenvalue weighted by Crippen LogP contribution is 2.12. The molecule has 0 aliphatic heterocycles. The van der Waals surface area contributed by atoms with Gasteiger partial charge in [0, 0.05) is 9.26 Å². The van der Waals surface area contributed by atoms with Crippen LogP contribution in [0.3, 0.4) is 0 Å². The monoisotopic (exact) mass is 319 g/mol. The molecule has 1 rings (SSSR count). The molecule has 0 bridgehead atoms. The molecule has 1 aromatic rings. The topological polar surface area (TPSA) is 12.0 Å². The van der Waals surface area contributed by atoms with E-state index in [0.29, 0.717) is 0 Å². The first-order chi connectivity index (χ1) is 6.72. The summed E-state index contributed by atoms with van der Waals surface area (Å²) in [5.41, 5.74) is 1.09. The Morgan fingerprint density at radius 1 is 1.36 bits per heavy atom. The number of thiocarbonyl (C=S) groups is 1. The molecule has 0 saturated carbocycles. The van der Waals surface area contributed by atoms with E-state index < -0.39 is 0 Å². The van der Waals surface area contributed by atoms with Crippen molar-refractivity contribution in [2.24, 2.45) is 0 Å². The van der Waals surface area contributed by atoms with E-state index in [1.165, 1.54) is 9.99 Å². The van der Waals surface area contributed by atoms with Crippen molar-refractivity contribution in [3.8, 4) is 0 Å². The number of hydrogen-bond acceptors (Lipinski definition) is 1. The van der Waals surface area contributed by atoms with Crippen LogP contribution in [0.5, 0.6) is 0 Å². The Bertz CT molecular complexity index is 295. The number of anilines is 1. The number of benzene rings is 1. The van der Waals surface area contributed by atoms with Crippen LogP contribution in [0.1, 0.15) is 26.2 Å². The fourth-order valence-corrected chi connectivity index (χ4v) is 1.72. The summed E-state index contributed by atoms with van der Waals surface area (Å²) in [6, 6.07) is 8.26. The van der Waals surface area contributed by atoms with E-state index in [9.17, 15) is 0 Å². The van der Waals surface area contributed by atoms with Crippen molar-refractivity contribution >= 4 is 45.5 Å². The summed E-state index contributed by atoms with van der Waals surface area (Å²) < 4.78 is 1.24. The predicted octanol–water partition coefficient (Wildman–Crippen LogP) is 4.22. The summed E-state index contributed by atoms with van der Waals surface area (Å²) in [6.45, 7) is 2.17. The molecular formula is C11H14INS. The fraction of sp³-hybridized carbons (Fsp3) is 0.364. The molecular weight excluding hydrogens is 305 g/mol. The van der Waals surface area contributed by atoms with Crippen molar-refractivity contribution in [2.75, 3.05) is 5.32 Å². The summed E-state index contributed by atoms with van der Waals surface area (Å²) in [7, 11) is 0.